The van der Waals surface area contributed by atoms with Crippen molar-refractivity contribution in [2.24, 2.45) is 0 Å². The lowest BCUT2D eigenvalue weighted by Crippen LogP contribution is -2.13. The number of ether oxygens (including phenoxy) is 1. The van der Waals surface area contributed by atoms with E-state index in [0.717, 1.165) is 22.3 Å². The maximum absolute atomic E-state index is 12.6. The Morgan fingerprint density at radius 3 is 2.08 bits per heavy atom. The number of halogens is 2. The second-order valence-electron chi connectivity index (χ2n) is 5.42. The Balaban J connectivity index is 1.75. The van der Waals surface area contributed by atoms with E-state index in [1.165, 1.54) is 12.1 Å². The van der Waals surface area contributed by atoms with Crippen molar-refractivity contribution in [1.82, 2.24) is 4.98 Å². The highest BCUT2D eigenvalue weighted by molar-refractivity contribution is 6.34. The van der Waals surface area contributed by atoms with E-state index >= 15 is 0 Å². The van der Waals surface area contributed by atoms with Gasteiger partial charge in [-0.25, -0.2) is 9.78 Å². The highest BCUT2D eigenvalue weighted by Gasteiger charge is 2.32. The largest absolute Gasteiger partial charge is 0.448 e. The van der Waals surface area contributed by atoms with Gasteiger partial charge in [-0.05, 0) is 23.3 Å². The molecule has 118 valence electrons. The first-order valence-electron chi connectivity index (χ1n) is 7.36. The number of pyridine rings is 1. The Morgan fingerprint density at radius 2 is 1.46 bits per heavy atom. The zero-order valence-corrected chi connectivity index (χ0v) is 13.9. The Morgan fingerprint density at radius 1 is 0.875 bits per heavy atom. The predicted molar refractivity (Wildman–Crippen MR) is 93.4 cm³/mol. The first-order valence-corrected chi connectivity index (χ1v) is 8.12. The van der Waals surface area contributed by atoms with Crippen molar-refractivity contribution in [3.05, 3.63) is 87.7 Å². The van der Waals surface area contributed by atoms with Crippen LogP contribution < -0.4 is 0 Å². The molecule has 1 aromatic heterocycles. The van der Waals surface area contributed by atoms with Crippen LogP contribution >= 0.6 is 23.2 Å². The molecule has 0 saturated heterocycles. The van der Waals surface area contributed by atoms with Crippen LogP contribution in [0.3, 0.4) is 0 Å². The number of fused-ring (bicyclic) bond motifs is 3. The van der Waals surface area contributed by atoms with E-state index in [9.17, 15) is 4.79 Å². The minimum atomic E-state index is -0.598. The van der Waals surface area contributed by atoms with Crippen molar-refractivity contribution in [2.45, 2.75) is 6.10 Å². The van der Waals surface area contributed by atoms with E-state index in [1.54, 1.807) is 0 Å². The van der Waals surface area contributed by atoms with Crippen LogP contribution in [0.4, 0.5) is 0 Å². The smallest absolute Gasteiger partial charge is 0.359 e. The van der Waals surface area contributed by atoms with Gasteiger partial charge in [-0.3, -0.25) is 0 Å². The van der Waals surface area contributed by atoms with Gasteiger partial charge in [0.1, 0.15) is 5.15 Å². The molecule has 0 N–H and O–H groups in total. The summed E-state index contributed by atoms with van der Waals surface area (Å²) in [5.74, 6) is -0.598. The monoisotopic (exact) mass is 355 g/mol. The average Bonchev–Trinajstić information content (AvgIpc) is 2.92. The first-order chi connectivity index (χ1) is 11.6. The SMILES string of the molecule is O=C(OC1c2ccccc2-c2ccccc21)c1nc(Cl)ccc1Cl. The zero-order chi connectivity index (χ0) is 16.7. The van der Waals surface area contributed by atoms with Crippen LogP contribution in [0.5, 0.6) is 0 Å². The van der Waals surface area contributed by atoms with Crippen LogP contribution in [-0.2, 0) is 4.74 Å². The average molecular weight is 356 g/mol. The number of aromatic nitrogens is 1. The maximum atomic E-state index is 12.6. The van der Waals surface area contributed by atoms with Crippen molar-refractivity contribution >= 4 is 29.2 Å². The molecular formula is C19H11Cl2NO2. The number of esters is 1. The summed E-state index contributed by atoms with van der Waals surface area (Å²) in [7, 11) is 0. The van der Waals surface area contributed by atoms with Gasteiger partial charge in [0.05, 0.1) is 5.02 Å². The minimum absolute atomic E-state index is 0.0195. The lowest BCUT2D eigenvalue weighted by molar-refractivity contribution is 0.0379. The van der Waals surface area contributed by atoms with Crippen molar-refractivity contribution in [1.29, 1.82) is 0 Å². The summed E-state index contributed by atoms with van der Waals surface area (Å²) in [5, 5.41) is 0.405. The summed E-state index contributed by atoms with van der Waals surface area (Å²) in [4.78, 5) is 16.6. The molecular weight excluding hydrogens is 345 g/mol. The van der Waals surface area contributed by atoms with Crippen LogP contribution in [0.2, 0.25) is 10.2 Å². The lowest BCUT2D eigenvalue weighted by atomic mass is 10.1. The predicted octanol–water partition coefficient (Wildman–Crippen LogP) is 5.32. The van der Waals surface area contributed by atoms with Crippen LogP contribution in [0.1, 0.15) is 27.7 Å². The van der Waals surface area contributed by atoms with Gasteiger partial charge in [0.2, 0.25) is 0 Å². The summed E-state index contributed by atoms with van der Waals surface area (Å²) in [6.45, 7) is 0. The molecule has 3 nitrogen and oxygen atoms in total. The molecule has 0 amide bonds. The van der Waals surface area contributed by atoms with Gasteiger partial charge >= 0.3 is 5.97 Å². The van der Waals surface area contributed by atoms with E-state index in [0.29, 0.717) is 0 Å². The van der Waals surface area contributed by atoms with Gasteiger partial charge in [0.25, 0.3) is 0 Å². The summed E-state index contributed by atoms with van der Waals surface area (Å²) < 4.78 is 5.74. The molecule has 0 atom stereocenters. The molecule has 0 bridgehead atoms. The van der Waals surface area contributed by atoms with Crippen molar-refractivity contribution < 1.29 is 9.53 Å². The highest BCUT2D eigenvalue weighted by Crippen LogP contribution is 2.45. The molecule has 24 heavy (non-hydrogen) atoms. The molecule has 1 aliphatic carbocycles. The second kappa shape index (κ2) is 5.93. The number of nitrogens with zero attached hydrogens (tertiary/aromatic N) is 1. The Kier molecular flexibility index (Phi) is 3.75. The Labute approximate surface area is 148 Å². The molecule has 2 aromatic carbocycles. The van der Waals surface area contributed by atoms with Gasteiger partial charge in [0, 0.05) is 11.1 Å². The molecule has 0 unspecified atom stereocenters. The van der Waals surface area contributed by atoms with E-state index in [-0.39, 0.29) is 15.9 Å². The van der Waals surface area contributed by atoms with Crippen molar-refractivity contribution in [2.75, 3.05) is 0 Å². The van der Waals surface area contributed by atoms with Crippen LogP contribution in [0.25, 0.3) is 11.1 Å². The molecule has 0 radical (unpaired) electrons. The van der Waals surface area contributed by atoms with Crippen molar-refractivity contribution in [3.63, 3.8) is 0 Å². The minimum Gasteiger partial charge on any atom is -0.448 e. The normalized spacial score (nSPS) is 12.6. The molecule has 0 fully saturated rings. The van der Waals surface area contributed by atoms with Crippen molar-refractivity contribution in [3.8, 4) is 11.1 Å². The highest BCUT2D eigenvalue weighted by atomic mass is 35.5. The molecule has 0 saturated carbocycles. The fourth-order valence-corrected chi connectivity index (χ4v) is 3.29. The Hall–Kier alpha value is -2.36. The van der Waals surface area contributed by atoms with E-state index in [1.807, 2.05) is 48.5 Å². The van der Waals surface area contributed by atoms with Gasteiger partial charge in [-0.15, -0.1) is 0 Å². The fraction of sp³-hybridized carbons (Fsp3) is 0.0526. The van der Waals surface area contributed by atoms with E-state index < -0.39 is 12.1 Å². The number of benzene rings is 2. The lowest BCUT2D eigenvalue weighted by Gasteiger charge is -2.15. The number of carbonyl (C=O) groups excluding carboxylic acids is 1. The van der Waals surface area contributed by atoms with Gasteiger partial charge < -0.3 is 4.74 Å². The molecule has 0 aliphatic heterocycles. The number of hydrogen-bond acceptors (Lipinski definition) is 3. The van der Waals surface area contributed by atoms with Gasteiger partial charge in [-0.2, -0.15) is 0 Å². The molecule has 0 spiro atoms. The summed E-state index contributed by atoms with van der Waals surface area (Å²) in [6, 6.07) is 18.8. The third-order valence-corrected chi connectivity index (χ3v) is 4.52. The van der Waals surface area contributed by atoms with Gasteiger partial charge in [0.15, 0.2) is 11.8 Å². The molecule has 4 rings (SSSR count). The summed E-state index contributed by atoms with van der Waals surface area (Å²) in [5.41, 5.74) is 4.05. The zero-order valence-electron chi connectivity index (χ0n) is 12.4. The number of hydrogen-bond donors (Lipinski definition) is 0. The molecule has 1 heterocycles. The van der Waals surface area contributed by atoms with Crippen LogP contribution in [0.15, 0.2) is 60.7 Å². The Bertz CT molecular complexity index is 910. The third kappa shape index (κ3) is 2.46. The van der Waals surface area contributed by atoms with E-state index in [2.05, 4.69) is 4.98 Å². The van der Waals surface area contributed by atoms with Crippen LogP contribution in [0, 0.1) is 0 Å². The number of carbonyl (C=O) groups is 1. The summed E-state index contributed by atoms with van der Waals surface area (Å²) in [6.07, 6.45) is -0.484. The number of rotatable bonds is 2. The second-order valence-corrected chi connectivity index (χ2v) is 6.22. The first kappa shape index (κ1) is 15.2. The van der Waals surface area contributed by atoms with Crippen LogP contribution in [-0.4, -0.2) is 11.0 Å². The third-order valence-electron chi connectivity index (χ3n) is 4.01. The molecule has 5 heteroatoms. The summed E-state index contributed by atoms with van der Waals surface area (Å²) >= 11 is 11.9. The standard InChI is InChI=1S/C19H11Cl2NO2/c20-15-9-10-16(21)22-17(15)19(23)24-18-13-7-3-1-5-11(13)12-6-2-4-8-14(12)18/h1-10,18H. The quantitative estimate of drug-likeness (QED) is 0.461. The maximum Gasteiger partial charge on any atom is 0.359 e. The molecule has 1 aliphatic rings. The van der Waals surface area contributed by atoms with E-state index in [4.69, 9.17) is 27.9 Å². The topological polar surface area (TPSA) is 39.2 Å². The molecule has 3 aromatic rings. The fourth-order valence-electron chi connectivity index (χ4n) is 2.96. The van der Waals surface area contributed by atoms with Gasteiger partial charge in [-0.1, -0.05) is 71.7 Å².